The Morgan fingerprint density at radius 2 is 2.00 bits per heavy atom. The number of carbonyl (C=O) groups excluding carboxylic acids is 1. The number of fused-ring (bicyclic) bond motifs is 1. The quantitative estimate of drug-likeness (QED) is 0.926. The van der Waals surface area contributed by atoms with E-state index in [1.54, 1.807) is 12.1 Å². The normalized spacial score (nSPS) is 18.5. The van der Waals surface area contributed by atoms with Crippen LogP contribution in [0.25, 0.3) is 0 Å². The molecule has 3 rings (SSSR count). The first kappa shape index (κ1) is 16.0. The van der Waals surface area contributed by atoms with E-state index in [1.807, 2.05) is 11.0 Å². The molecule has 0 aliphatic carbocycles. The fraction of sp³-hybridized carbons (Fsp3) is 0.556. The molecule has 5 nitrogen and oxygen atoms in total. The maximum Gasteiger partial charge on any atom is 0.335 e. The Balaban J connectivity index is 1.58. The molecule has 1 fully saturated rings. The van der Waals surface area contributed by atoms with Gasteiger partial charge in [0.05, 0.1) is 5.56 Å². The number of rotatable bonds is 4. The molecule has 1 aromatic carbocycles. The second-order valence-corrected chi connectivity index (χ2v) is 6.45. The van der Waals surface area contributed by atoms with Crippen molar-refractivity contribution in [3.05, 3.63) is 34.9 Å². The summed E-state index contributed by atoms with van der Waals surface area (Å²) in [6, 6.07) is 5.22. The van der Waals surface area contributed by atoms with Crippen LogP contribution in [-0.2, 0) is 22.5 Å². The summed E-state index contributed by atoms with van der Waals surface area (Å²) in [6.45, 7) is 2.89. The van der Waals surface area contributed by atoms with Gasteiger partial charge < -0.3 is 14.7 Å². The maximum absolute atomic E-state index is 12.4. The van der Waals surface area contributed by atoms with E-state index in [0.717, 1.165) is 56.6 Å². The van der Waals surface area contributed by atoms with Crippen molar-refractivity contribution in [1.29, 1.82) is 0 Å². The Morgan fingerprint density at radius 1 is 1.22 bits per heavy atom. The van der Waals surface area contributed by atoms with Gasteiger partial charge in [-0.2, -0.15) is 0 Å². The van der Waals surface area contributed by atoms with Crippen LogP contribution in [0.5, 0.6) is 0 Å². The van der Waals surface area contributed by atoms with Crippen LogP contribution in [0, 0.1) is 5.92 Å². The van der Waals surface area contributed by atoms with E-state index in [9.17, 15) is 9.59 Å². The van der Waals surface area contributed by atoms with E-state index < -0.39 is 5.97 Å². The number of carboxylic acids is 1. The zero-order chi connectivity index (χ0) is 16.2. The topological polar surface area (TPSA) is 66.8 Å². The third kappa shape index (κ3) is 3.91. The van der Waals surface area contributed by atoms with Gasteiger partial charge in [0.25, 0.3) is 0 Å². The Labute approximate surface area is 136 Å². The van der Waals surface area contributed by atoms with Crippen molar-refractivity contribution in [2.24, 2.45) is 5.92 Å². The molecule has 2 aliphatic rings. The molecule has 0 bridgehead atoms. The fourth-order valence-electron chi connectivity index (χ4n) is 3.42. The molecule has 0 atom stereocenters. The first-order valence-corrected chi connectivity index (χ1v) is 8.34. The largest absolute Gasteiger partial charge is 0.478 e. The first-order valence-electron chi connectivity index (χ1n) is 8.34. The SMILES string of the molecule is O=C(O)c1ccc2c(c1)CN(C(=O)CCC1CCOCC1)CC2. The van der Waals surface area contributed by atoms with E-state index in [4.69, 9.17) is 9.84 Å². The average Bonchev–Trinajstić information content (AvgIpc) is 2.59. The summed E-state index contributed by atoms with van der Waals surface area (Å²) < 4.78 is 5.35. The van der Waals surface area contributed by atoms with Crippen LogP contribution in [0.4, 0.5) is 0 Å². The van der Waals surface area contributed by atoms with Crippen LogP contribution in [0.15, 0.2) is 18.2 Å². The Morgan fingerprint density at radius 3 is 2.74 bits per heavy atom. The summed E-state index contributed by atoms with van der Waals surface area (Å²) in [4.78, 5) is 25.4. The molecule has 1 saturated heterocycles. The van der Waals surface area contributed by atoms with E-state index >= 15 is 0 Å². The molecule has 23 heavy (non-hydrogen) atoms. The molecule has 1 amide bonds. The minimum Gasteiger partial charge on any atom is -0.478 e. The molecule has 0 unspecified atom stereocenters. The Hall–Kier alpha value is -1.88. The second-order valence-electron chi connectivity index (χ2n) is 6.45. The molecule has 2 heterocycles. The van der Waals surface area contributed by atoms with E-state index in [1.165, 1.54) is 0 Å². The van der Waals surface area contributed by atoms with Crippen LogP contribution >= 0.6 is 0 Å². The van der Waals surface area contributed by atoms with Gasteiger partial charge in [0, 0.05) is 32.7 Å². The summed E-state index contributed by atoms with van der Waals surface area (Å²) in [5.74, 6) is -0.137. The van der Waals surface area contributed by atoms with Crippen molar-refractivity contribution in [1.82, 2.24) is 4.90 Å². The summed E-state index contributed by atoms with van der Waals surface area (Å²) in [5, 5.41) is 9.10. The number of nitrogens with zero attached hydrogens (tertiary/aromatic N) is 1. The van der Waals surface area contributed by atoms with Crippen molar-refractivity contribution in [3.63, 3.8) is 0 Å². The highest BCUT2D eigenvalue weighted by Crippen LogP contribution is 2.24. The van der Waals surface area contributed by atoms with E-state index in [0.29, 0.717) is 24.4 Å². The van der Waals surface area contributed by atoms with E-state index in [2.05, 4.69) is 0 Å². The predicted octanol–water partition coefficient (Wildman–Crippen LogP) is 2.48. The predicted molar refractivity (Wildman–Crippen MR) is 85.3 cm³/mol. The smallest absolute Gasteiger partial charge is 0.335 e. The van der Waals surface area contributed by atoms with Crippen LogP contribution in [0.3, 0.4) is 0 Å². The average molecular weight is 317 g/mol. The molecular formula is C18H23NO4. The lowest BCUT2D eigenvalue weighted by atomic mass is 9.93. The number of benzene rings is 1. The Bertz CT molecular complexity index is 593. The molecule has 5 heteroatoms. The minimum absolute atomic E-state index is 0.183. The van der Waals surface area contributed by atoms with Crippen molar-refractivity contribution >= 4 is 11.9 Å². The number of carboxylic acid groups (broad SMARTS) is 1. The monoisotopic (exact) mass is 317 g/mol. The standard InChI is InChI=1S/C18H23NO4/c20-17(4-1-13-6-9-23-10-7-13)19-8-5-14-2-3-15(18(21)22)11-16(14)12-19/h2-3,11,13H,1,4-10,12H2,(H,21,22). The van der Waals surface area contributed by atoms with Gasteiger partial charge in [0.2, 0.25) is 5.91 Å². The molecule has 0 radical (unpaired) electrons. The summed E-state index contributed by atoms with van der Waals surface area (Å²) in [7, 11) is 0. The number of ether oxygens (including phenoxy) is 1. The summed E-state index contributed by atoms with van der Waals surface area (Å²) in [6.07, 6.45) is 4.42. The maximum atomic E-state index is 12.4. The number of hydrogen-bond donors (Lipinski definition) is 1. The first-order chi connectivity index (χ1) is 11.1. The zero-order valence-corrected chi connectivity index (χ0v) is 13.3. The second kappa shape index (κ2) is 7.13. The highest BCUT2D eigenvalue weighted by molar-refractivity contribution is 5.88. The molecule has 1 N–H and O–H groups in total. The van der Waals surface area contributed by atoms with Gasteiger partial charge in [-0.25, -0.2) is 4.79 Å². The lowest BCUT2D eigenvalue weighted by Gasteiger charge is -2.30. The molecule has 0 aromatic heterocycles. The van der Waals surface area contributed by atoms with Gasteiger partial charge >= 0.3 is 5.97 Å². The van der Waals surface area contributed by atoms with Crippen molar-refractivity contribution < 1.29 is 19.4 Å². The molecule has 0 spiro atoms. The lowest BCUT2D eigenvalue weighted by Crippen LogP contribution is -2.36. The number of amides is 1. The van der Waals surface area contributed by atoms with Crippen molar-refractivity contribution in [2.75, 3.05) is 19.8 Å². The van der Waals surface area contributed by atoms with Crippen LogP contribution in [0.1, 0.15) is 47.2 Å². The number of hydrogen-bond acceptors (Lipinski definition) is 3. The molecule has 1 aromatic rings. The van der Waals surface area contributed by atoms with Gasteiger partial charge in [-0.05, 0) is 54.9 Å². The highest BCUT2D eigenvalue weighted by Gasteiger charge is 2.23. The van der Waals surface area contributed by atoms with Gasteiger partial charge in [-0.3, -0.25) is 4.79 Å². The molecule has 124 valence electrons. The highest BCUT2D eigenvalue weighted by atomic mass is 16.5. The van der Waals surface area contributed by atoms with Crippen LogP contribution in [0.2, 0.25) is 0 Å². The van der Waals surface area contributed by atoms with Gasteiger partial charge in [-0.15, -0.1) is 0 Å². The van der Waals surface area contributed by atoms with Crippen LogP contribution in [-0.4, -0.2) is 41.6 Å². The van der Waals surface area contributed by atoms with E-state index in [-0.39, 0.29) is 5.91 Å². The molecule has 0 saturated carbocycles. The molecule has 2 aliphatic heterocycles. The summed E-state index contributed by atoms with van der Waals surface area (Å²) >= 11 is 0. The van der Waals surface area contributed by atoms with Crippen molar-refractivity contribution in [2.45, 2.75) is 38.6 Å². The molecular weight excluding hydrogens is 294 g/mol. The van der Waals surface area contributed by atoms with Crippen LogP contribution < -0.4 is 0 Å². The minimum atomic E-state index is -0.921. The third-order valence-corrected chi connectivity index (χ3v) is 4.93. The third-order valence-electron chi connectivity index (χ3n) is 4.93. The lowest BCUT2D eigenvalue weighted by molar-refractivity contribution is -0.132. The van der Waals surface area contributed by atoms with Crippen molar-refractivity contribution in [3.8, 4) is 0 Å². The Kier molecular flexibility index (Phi) is 4.96. The van der Waals surface area contributed by atoms with Gasteiger partial charge in [0.15, 0.2) is 0 Å². The zero-order valence-electron chi connectivity index (χ0n) is 13.3. The van der Waals surface area contributed by atoms with Gasteiger partial charge in [0.1, 0.15) is 0 Å². The number of carbonyl (C=O) groups is 2. The number of aromatic carboxylic acids is 1. The summed E-state index contributed by atoms with van der Waals surface area (Å²) in [5.41, 5.74) is 2.42. The van der Waals surface area contributed by atoms with Gasteiger partial charge in [-0.1, -0.05) is 6.07 Å². The fourth-order valence-corrected chi connectivity index (χ4v) is 3.42.